The molecule has 29 heavy (non-hydrogen) atoms. The Morgan fingerprint density at radius 3 is 2.76 bits per heavy atom. The van der Waals surface area contributed by atoms with Gasteiger partial charge in [0.1, 0.15) is 11.8 Å². The minimum Gasteiger partial charge on any atom is -0.398 e. The van der Waals surface area contributed by atoms with Gasteiger partial charge < -0.3 is 11.1 Å². The average Bonchev–Trinajstić information content (AvgIpc) is 3.20. The van der Waals surface area contributed by atoms with Gasteiger partial charge in [-0.15, -0.1) is 0 Å². The van der Waals surface area contributed by atoms with Crippen LogP contribution in [0.3, 0.4) is 0 Å². The maximum Gasteiger partial charge on any atom is 0.274 e. The molecule has 2 aromatic heterocycles. The number of nitrogens with two attached hydrogens (primary N) is 1. The van der Waals surface area contributed by atoms with Crippen molar-refractivity contribution in [3.63, 3.8) is 0 Å². The van der Waals surface area contributed by atoms with Crippen molar-refractivity contribution in [2.45, 2.75) is 20.6 Å². The molecule has 0 aliphatic carbocycles. The molecule has 0 aliphatic rings. The summed E-state index contributed by atoms with van der Waals surface area (Å²) in [7, 11) is 0. The summed E-state index contributed by atoms with van der Waals surface area (Å²) in [5.41, 5.74) is 9.51. The molecule has 0 saturated heterocycles. The summed E-state index contributed by atoms with van der Waals surface area (Å²) < 4.78 is 13.8. The molecule has 0 bridgehead atoms. The quantitative estimate of drug-likeness (QED) is 0.454. The summed E-state index contributed by atoms with van der Waals surface area (Å²) in [4.78, 5) is 16.8. The Bertz CT molecular complexity index is 1160. The van der Waals surface area contributed by atoms with Gasteiger partial charge in [0.25, 0.3) is 5.91 Å². The van der Waals surface area contributed by atoms with Gasteiger partial charge in [-0.2, -0.15) is 10.4 Å². The number of hydrogen-bond donors (Lipinski definition) is 3. The van der Waals surface area contributed by atoms with E-state index in [0.29, 0.717) is 39.2 Å². The zero-order chi connectivity index (χ0) is 21.1. The van der Waals surface area contributed by atoms with Gasteiger partial charge in [0.2, 0.25) is 0 Å². The fraction of sp³-hybridized carbons (Fsp3) is 0.150. The summed E-state index contributed by atoms with van der Waals surface area (Å²) in [5.74, 6) is -0.442. The van der Waals surface area contributed by atoms with E-state index in [2.05, 4.69) is 15.4 Å². The molecule has 9 heteroatoms. The second kappa shape index (κ2) is 7.90. The average molecular weight is 391 g/mol. The van der Waals surface area contributed by atoms with Crippen LogP contribution in [0.4, 0.5) is 15.8 Å². The monoisotopic (exact) mass is 391 g/mol. The Morgan fingerprint density at radius 2 is 2.10 bits per heavy atom. The highest BCUT2D eigenvalue weighted by Crippen LogP contribution is 2.22. The molecule has 146 valence electrons. The Labute approximate surface area is 166 Å². The first-order valence-corrected chi connectivity index (χ1v) is 8.60. The molecular weight excluding hydrogens is 373 g/mol. The number of carbonyl (C=O) groups is 1. The molecule has 3 aromatic rings. The van der Waals surface area contributed by atoms with E-state index >= 15 is 0 Å². The molecular formula is C20H18FN7O. The van der Waals surface area contributed by atoms with Gasteiger partial charge in [0.05, 0.1) is 17.5 Å². The Hall–Kier alpha value is -4.06. The van der Waals surface area contributed by atoms with Gasteiger partial charge in [-0.25, -0.2) is 14.1 Å². The molecule has 0 fully saturated rings. The zero-order valence-electron chi connectivity index (χ0n) is 15.8. The van der Waals surface area contributed by atoms with Crippen molar-refractivity contribution < 1.29 is 9.18 Å². The maximum atomic E-state index is 12.7. The third-order valence-corrected chi connectivity index (χ3v) is 4.60. The van der Waals surface area contributed by atoms with Crippen LogP contribution in [0.15, 0.2) is 36.8 Å². The van der Waals surface area contributed by atoms with Crippen LogP contribution in [0.25, 0.3) is 0 Å². The standard InChI is InChI=1S/C20H18FN7O/c1-11-12(2)19(25-7-13(11)6-22)20(29)27-15-3-4-17(23)16(5-15)18(24)14-8-26-28(9-14)10-21/h3-5,7-9,24H,10,23H2,1-2H3,(H,27,29). The lowest BCUT2D eigenvalue weighted by Crippen LogP contribution is -2.17. The van der Waals surface area contributed by atoms with Crippen molar-refractivity contribution in [1.29, 1.82) is 10.7 Å². The third-order valence-electron chi connectivity index (χ3n) is 4.60. The third kappa shape index (κ3) is 3.82. The van der Waals surface area contributed by atoms with Gasteiger partial charge in [0, 0.05) is 34.9 Å². The molecule has 0 spiro atoms. The van der Waals surface area contributed by atoms with E-state index in [1.54, 1.807) is 32.0 Å². The lowest BCUT2D eigenvalue weighted by Gasteiger charge is -2.12. The molecule has 1 aromatic carbocycles. The highest BCUT2D eigenvalue weighted by Gasteiger charge is 2.17. The molecule has 0 radical (unpaired) electrons. The number of rotatable bonds is 5. The topological polar surface area (TPSA) is 133 Å². The van der Waals surface area contributed by atoms with Gasteiger partial charge in [-0.1, -0.05) is 0 Å². The van der Waals surface area contributed by atoms with E-state index in [1.807, 2.05) is 6.07 Å². The lowest BCUT2D eigenvalue weighted by molar-refractivity contribution is 0.102. The number of aromatic nitrogens is 3. The number of nitrogen functional groups attached to an aromatic ring is 1. The Balaban J connectivity index is 1.88. The van der Waals surface area contributed by atoms with Crippen molar-refractivity contribution in [3.8, 4) is 6.07 Å². The SMILES string of the molecule is Cc1c(C#N)cnc(C(=O)Nc2ccc(N)c(C(=N)c3cnn(CF)c3)c2)c1C. The van der Waals surface area contributed by atoms with Crippen LogP contribution in [-0.4, -0.2) is 26.4 Å². The fourth-order valence-electron chi connectivity index (χ4n) is 2.80. The zero-order valence-corrected chi connectivity index (χ0v) is 15.8. The van der Waals surface area contributed by atoms with E-state index < -0.39 is 12.7 Å². The van der Waals surface area contributed by atoms with Crippen LogP contribution in [0.1, 0.15) is 38.3 Å². The maximum absolute atomic E-state index is 12.7. The Kier molecular flexibility index (Phi) is 5.36. The van der Waals surface area contributed by atoms with Crippen molar-refractivity contribution in [2.24, 2.45) is 0 Å². The molecule has 2 heterocycles. The van der Waals surface area contributed by atoms with Crippen LogP contribution in [0, 0.1) is 30.6 Å². The molecule has 1 amide bonds. The number of halogens is 1. The van der Waals surface area contributed by atoms with E-state index in [1.165, 1.54) is 18.6 Å². The molecule has 0 saturated carbocycles. The smallest absolute Gasteiger partial charge is 0.274 e. The molecule has 3 rings (SSSR count). The minimum absolute atomic E-state index is 0.0572. The molecule has 0 unspecified atom stereocenters. The largest absolute Gasteiger partial charge is 0.398 e. The number of pyridine rings is 1. The Morgan fingerprint density at radius 1 is 1.34 bits per heavy atom. The summed E-state index contributed by atoms with van der Waals surface area (Å²) in [6.07, 6.45) is 4.14. The van der Waals surface area contributed by atoms with Crippen LogP contribution < -0.4 is 11.1 Å². The second-order valence-electron chi connectivity index (χ2n) is 6.40. The van der Waals surface area contributed by atoms with Crippen molar-refractivity contribution in [1.82, 2.24) is 14.8 Å². The van der Waals surface area contributed by atoms with E-state index in [0.717, 1.165) is 4.68 Å². The van der Waals surface area contributed by atoms with E-state index in [9.17, 15) is 9.18 Å². The van der Waals surface area contributed by atoms with Crippen molar-refractivity contribution in [3.05, 3.63) is 70.3 Å². The molecule has 0 aliphatic heterocycles. The number of nitrogens with zero attached hydrogens (tertiary/aromatic N) is 4. The highest BCUT2D eigenvalue weighted by molar-refractivity contribution is 6.14. The number of amides is 1. The fourth-order valence-corrected chi connectivity index (χ4v) is 2.80. The van der Waals surface area contributed by atoms with E-state index in [4.69, 9.17) is 16.4 Å². The normalized spacial score (nSPS) is 10.4. The van der Waals surface area contributed by atoms with Crippen LogP contribution in [-0.2, 0) is 6.80 Å². The van der Waals surface area contributed by atoms with E-state index in [-0.39, 0.29) is 11.4 Å². The van der Waals surface area contributed by atoms with Crippen LogP contribution >= 0.6 is 0 Å². The number of nitriles is 1. The second-order valence-corrected chi connectivity index (χ2v) is 6.40. The number of hydrogen-bond acceptors (Lipinski definition) is 6. The predicted molar refractivity (Wildman–Crippen MR) is 106 cm³/mol. The number of nitrogens with one attached hydrogen (secondary N) is 2. The summed E-state index contributed by atoms with van der Waals surface area (Å²) in [6.45, 7) is 2.69. The van der Waals surface area contributed by atoms with Gasteiger partial charge in [-0.05, 0) is 43.2 Å². The van der Waals surface area contributed by atoms with Crippen LogP contribution in [0.5, 0.6) is 0 Å². The van der Waals surface area contributed by atoms with Crippen LogP contribution in [0.2, 0.25) is 0 Å². The minimum atomic E-state index is -0.796. The summed E-state index contributed by atoms with van der Waals surface area (Å²) in [5, 5.41) is 24.0. The number of carbonyl (C=O) groups excluding carboxylic acids is 1. The first kappa shape index (κ1) is 19.7. The van der Waals surface area contributed by atoms with Gasteiger partial charge >= 0.3 is 0 Å². The number of alkyl halides is 1. The van der Waals surface area contributed by atoms with Crippen molar-refractivity contribution in [2.75, 3.05) is 11.1 Å². The number of benzene rings is 1. The summed E-state index contributed by atoms with van der Waals surface area (Å²) >= 11 is 0. The van der Waals surface area contributed by atoms with Crippen molar-refractivity contribution >= 4 is 23.0 Å². The molecule has 0 atom stereocenters. The predicted octanol–water partition coefficient (Wildman–Crippen LogP) is 2.94. The molecule has 4 N–H and O–H groups in total. The first-order chi connectivity index (χ1) is 13.8. The van der Waals surface area contributed by atoms with Gasteiger partial charge in [0.15, 0.2) is 6.80 Å². The summed E-state index contributed by atoms with van der Waals surface area (Å²) in [6, 6.07) is 6.79. The molecule has 8 nitrogen and oxygen atoms in total. The number of anilines is 2. The highest BCUT2D eigenvalue weighted by atomic mass is 19.1. The van der Waals surface area contributed by atoms with Gasteiger partial charge in [-0.3, -0.25) is 10.2 Å². The first-order valence-electron chi connectivity index (χ1n) is 8.60. The lowest BCUT2D eigenvalue weighted by atomic mass is 10.0.